The SMILES string of the molecule is Cc1cnc2c(Cc3ccc(F)cc3)nc(C(=N)N)cn12. The third-order valence-electron chi connectivity index (χ3n) is 3.31. The molecule has 6 heteroatoms. The van der Waals surface area contributed by atoms with E-state index in [1.807, 2.05) is 11.3 Å². The number of aryl methyl sites for hydroxylation is 1. The maximum Gasteiger partial charge on any atom is 0.159 e. The molecule has 5 nitrogen and oxygen atoms in total. The Morgan fingerprint density at radius 2 is 2.05 bits per heavy atom. The zero-order chi connectivity index (χ0) is 15.0. The highest BCUT2D eigenvalue weighted by Gasteiger charge is 2.12. The van der Waals surface area contributed by atoms with Crippen molar-refractivity contribution in [2.24, 2.45) is 5.73 Å². The highest BCUT2D eigenvalue weighted by atomic mass is 19.1. The fourth-order valence-electron chi connectivity index (χ4n) is 2.21. The van der Waals surface area contributed by atoms with Gasteiger partial charge in [-0.1, -0.05) is 12.1 Å². The molecule has 0 unspecified atom stereocenters. The Kier molecular flexibility index (Phi) is 3.13. The molecule has 0 aliphatic carbocycles. The van der Waals surface area contributed by atoms with Gasteiger partial charge >= 0.3 is 0 Å². The van der Waals surface area contributed by atoms with Crippen LogP contribution in [-0.2, 0) is 6.42 Å². The topological polar surface area (TPSA) is 80.1 Å². The van der Waals surface area contributed by atoms with E-state index in [2.05, 4.69) is 9.97 Å². The van der Waals surface area contributed by atoms with Crippen LogP contribution in [0.3, 0.4) is 0 Å². The Hall–Kier alpha value is -2.76. The van der Waals surface area contributed by atoms with Crippen molar-refractivity contribution in [1.82, 2.24) is 14.4 Å². The Morgan fingerprint density at radius 3 is 2.71 bits per heavy atom. The van der Waals surface area contributed by atoms with Crippen molar-refractivity contribution in [3.8, 4) is 0 Å². The van der Waals surface area contributed by atoms with Gasteiger partial charge in [-0.3, -0.25) is 5.41 Å². The molecule has 3 aromatic rings. The summed E-state index contributed by atoms with van der Waals surface area (Å²) in [5, 5.41) is 7.57. The molecule has 0 aliphatic rings. The smallest absolute Gasteiger partial charge is 0.159 e. The molecular weight excluding hydrogens is 269 g/mol. The van der Waals surface area contributed by atoms with Gasteiger partial charge in [0.25, 0.3) is 0 Å². The van der Waals surface area contributed by atoms with Gasteiger partial charge in [-0.2, -0.15) is 0 Å². The van der Waals surface area contributed by atoms with E-state index in [1.54, 1.807) is 24.5 Å². The van der Waals surface area contributed by atoms with Crippen LogP contribution in [0.25, 0.3) is 5.65 Å². The van der Waals surface area contributed by atoms with Gasteiger partial charge in [-0.05, 0) is 24.6 Å². The van der Waals surface area contributed by atoms with Gasteiger partial charge in [0, 0.05) is 24.5 Å². The molecule has 2 aromatic heterocycles. The number of nitrogens with one attached hydrogen (secondary N) is 1. The fraction of sp³-hybridized carbons (Fsp3) is 0.133. The van der Waals surface area contributed by atoms with Crippen molar-refractivity contribution in [1.29, 1.82) is 5.41 Å². The summed E-state index contributed by atoms with van der Waals surface area (Å²) in [6.07, 6.45) is 3.95. The van der Waals surface area contributed by atoms with E-state index in [-0.39, 0.29) is 11.7 Å². The van der Waals surface area contributed by atoms with Gasteiger partial charge in [0.15, 0.2) is 5.65 Å². The molecule has 2 heterocycles. The summed E-state index contributed by atoms with van der Waals surface area (Å²) in [7, 11) is 0. The summed E-state index contributed by atoms with van der Waals surface area (Å²) in [5.41, 5.74) is 9.24. The summed E-state index contributed by atoms with van der Waals surface area (Å²) < 4.78 is 14.8. The first kappa shape index (κ1) is 13.2. The minimum Gasteiger partial charge on any atom is -0.382 e. The lowest BCUT2D eigenvalue weighted by Gasteiger charge is -2.07. The second kappa shape index (κ2) is 4.97. The molecule has 3 N–H and O–H groups in total. The van der Waals surface area contributed by atoms with Crippen LogP contribution >= 0.6 is 0 Å². The van der Waals surface area contributed by atoms with Crippen LogP contribution in [0.2, 0.25) is 0 Å². The minimum absolute atomic E-state index is 0.0923. The molecule has 21 heavy (non-hydrogen) atoms. The van der Waals surface area contributed by atoms with E-state index < -0.39 is 0 Å². The van der Waals surface area contributed by atoms with Crippen LogP contribution in [0.1, 0.15) is 22.6 Å². The van der Waals surface area contributed by atoms with Gasteiger partial charge in [0.05, 0.1) is 5.69 Å². The number of rotatable bonds is 3. The first-order valence-electron chi connectivity index (χ1n) is 6.47. The summed E-state index contributed by atoms with van der Waals surface area (Å²) in [6.45, 7) is 1.92. The number of aromatic nitrogens is 3. The maximum atomic E-state index is 13.0. The van der Waals surface area contributed by atoms with Crippen LogP contribution in [0.15, 0.2) is 36.7 Å². The van der Waals surface area contributed by atoms with Crippen molar-refractivity contribution < 1.29 is 4.39 Å². The molecular formula is C15H14FN5. The maximum absolute atomic E-state index is 13.0. The van der Waals surface area contributed by atoms with Gasteiger partial charge in [-0.15, -0.1) is 0 Å². The summed E-state index contributed by atoms with van der Waals surface area (Å²) in [5.74, 6) is -0.364. The number of halogens is 1. The molecule has 1 aromatic carbocycles. The predicted octanol–water partition coefficient (Wildman–Crippen LogP) is 2.05. The Morgan fingerprint density at radius 1 is 1.33 bits per heavy atom. The van der Waals surface area contributed by atoms with Gasteiger partial charge in [0.2, 0.25) is 0 Å². The highest BCUT2D eigenvalue weighted by Crippen LogP contribution is 2.16. The summed E-state index contributed by atoms with van der Waals surface area (Å²) in [6, 6.07) is 6.25. The number of fused-ring (bicyclic) bond motifs is 1. The molecule has 0 saturated carbocycles. The minimum atomic E-state index is -0.272. The van der Waals surface area contributed by atoms with Crippen molar-refractivity contribution in [2.45, 2.75) is 13.3 Å². The van der Waals surface area contributed by atoms with Crippen molar-refractivity contribution in [3.63, 3.8) is 0 Å². The number of nitrogen functional groups attached to an aromatic ring is 1. The number of hydrogen-bond donors (Lipinski definition) is 2. The van der Waals surface area contributed by atoms with Gasteiger partial charge in [-0.25, -0.2) is 14.4 Å². The van der Waals surface area contributed by atoms with Crippen LogP contribution in [0.5, 0.6) is 0 Å². The second-order valence-corrected chi connectivity index (χ2v) is 4.88. The van der Waals surface area contributed by atoms with E-state index in [1.165, 1.54) is 12.1 Å². The molecule has 0 saturated heterocycles. The standard InChI is InChI=1S/C15H14FN5/c1-9-7-19-15-12(6-10-2-4-11(16)5-3-10)20-13(14(17)18)8-21(9)15/h2-5,7-8H,6H2,1H3,(H3,17,18). The van der Waals surface area contributed by atoms with E-state index >= 15 is 0 Å². The lowest BCUT2D eigenvalue weighted by Crippen LogP contribution is -2.16. The second-order valence-electron chi connectivity index (χ2n) is 4.88. The lowest BCUT2D eigenvalue weighted by molar-refractivity contribution is 0.627. The Bertz CT molecular complexity index is 820. The zero-order valence-electron chi connectivity index (χ0n) is 11.5. The number of nitrogens with two attached hydrogens (primary N) is 1. The Balaban J connectivity index is 2.11. The van der Waals surface area contributed by atoms with Crippen molar-refractivity contribution in [3.05, 3.63) is 65.1 Å². The molecule has 0 atom stereocenters. The quantitative estimate of drug-likeness (QED) is 0.570. The molecule has 0 fully saturated rings. The van der Waals surface area contributed by atoms with Crippen LogP contribution in [0.4, 0.5) is 4.39 Å². The third kappa shape index (κ3) is 2.47. The van der Waals surface area contributed by atoms with E-state index in [4.69, 9.17) is 11.1 Å². The first-order valence-corrected chi connectivity index (χ1v) is 6.47. The molecule has 3 rings (SSSR count). The van der Waals surface area contributed by atoms with Crippen molar-refractivity contribution in [2.75, 3.05) is 0 Å². The number of nitrogens with zero attached hydrogens (tertiary/aromatic N) is 3. The average Bonchev–Trinajstić information content (AvgIpc) is 2.83. The van der Waals surface area contributed by atoms with E-state index in [9.17, 15) is 4.39 Å². The lowest BCUT2D eigenvalue weighted by atomic mass is 10.1. The number of benzene rings is 1. The predicted molar refractivity (Wildman–Crippen MR) is 77.9 cm³/mol. The molecule has 0 spiro atoms. The average molecular weight is 283 g/mol. The molecule has 0 amide bonds. The number of imidazole rings is 1. The van der Waals surface area contributed by atoms with Crippen molar-refractivity contribution >= 4 is 11.5 Å². The number of amidine groups is 1. The monoisotopic (exact) mass is 283 g/mol. The number of hydrogen-bond acceptors (Lipinski definition) is 3. The molecule has 0 bridgehead atoms. The molecule has 0 aliphatic heterocycles. The molecule has 106 valence electrons. The van der Waals surface area contributed by atoms with E-state index in [0.29, 0.717) is 17.8 Å². The molecule has 0 radical (unpaired) electrons. The summed E-state index contributed by atoms with van der Waals surface area (Å²) >= 11 is 0. The highest BCUT2D eigenvalue weighted by molar-refractivity contribution is 5.93. The third-order valence-corrected chi connectivity index (χ3v) is 3.31. The fourth-order valence-corrected chi connectivity index (χ4v) is 2.21. The van der Waals surface area contributed by atoms with Gasteiger partial charge in [0.1, 0.15) is 17.3 Å². The first-order chi connectivity index (χ1) is 10.0. The van der Waals surface area contributed by atoms with Crippen LogP contribution < -0.4 is 5.73 Å². The van der Waals surface area contributed by atoms with Gasteiger partial charge < -0.3 is 10.1 Å². The zero-order valence-corrected chi connectivity index (χ0v) is 11.5. The largest absolute Gasteiger partial charge is 0.382 e. The summed E-state index contributed by atoms with van der Waals surface area (Å²) in [4.78, 5) is 8.75. The van der Waals surface area contributed by atoms with Crippen LogP contribution in [-0.4, -0.2) is 20.2 Å². The Labute approximate surface area is 120 Å². The van der Waals surface area contributed by atoms with Crippen LogP contribution in [0, 0.1) is 18.2 Å². The van der Waals surface area contributed by atoms with E-state index in [0.717, 1.165) is 16.9 Å². The normalized spacial score (nSPS) is 11.0.